The Labute approximate surface area is 184 Å². The molecule has 31 heavy (non-hydrogen) atoms. The Morgan fingerprint density at radius 1 is 0.903 bits per heavy atom. The summed E-state index contributed by atoms with van der Waals surface area (Å²) in [5, 5.41) is 3.38. The third-order valence-electron chi connectivity index (χ3n) is 6.75. The number of likely N-dealkylation sites (tertiary alicyclic amines) is 1. The minimum Gasteiger partial charge on any atom is -0.491 e. The van der Waals surface area contributed by atoms with Crippen molar-refractivity contribution in [3.8, 4) is 5.75 Å². The number of halogens is 2. The molecule has 0 radical (unpaired) electrons. The van der Waals surface area contributed by atoms with Crippen LogP contribution in [0.3, 0.4) is 0 Å². The van der Waals surface area contributed by atoms with Crippen LogP contribution in [0.5, 0.6) is 5.75 Å². The maximum Gasteiger partial charge on any atom is 0.160 e. The molecule has 0 amide bonds. The lowest BCUT2D eigenvalue weighted by atomic mass is 9.85. The lowest BCUT2D eigenvalue weighted by Gasteiger charge is -2.41. The molecule has 1 saturated heterocycles. The summed E-state index contributed by atoms with van der Waals surface area (Å²) < 4.78 is 32.6. The number of rotatable bonds is 6. The monoisotopic (exact) mass is 428 g/mol. The van der Waals surface area contributed by atoms with Crippen molar-refractivity contribution < 1.29 is 13.5 Å². The fourth-order valence-electron chi connectivity index (χ4n) is 5.16. The Hall–Kier alpha value is -2.14. The van der Waals surface area contributed by atoms with Gasteiger partial charge < -0.3 is 15.0 Å². The number of anilines is 1. The van der Waals surface area contributed by atoms with Gasteiger partial charge in [0.1, 0.15) is 5.75 Å². The van der Waals surface area contributed by atoms with E-state index in [1.807, 2.05) is 0 Å². The van der Waals surface area contributed by atoms with Crippen LogP contribution in [0.15, 0.2) is 42.5 Å². The Bertz CT molecular complexity index is 856. The average Bonchev–Trinajstić information content (AvgIpc) is 2.77. The van der Waals surface area contributed by atoms with Gasteiger partial charge in [0.25, 0.3) is 0 Å². The normalized spacial score (nSPS) is 23.1. The maximum atomic E-state index is 13.5. The summed E-state index contributed by atoms with van der Waals surface area (Å²) in [6.07, 6.45) is 6.97. The molecule has 1 aliphatic heterocycles. The Morgan fingerprint density at radius 2 is 1.61 bits per heavy atom. The zero-order chi connectivity index (χ0) is 21.8. The standard InChI is InChI=1S/C26H34F2N2O/c1-18(2)31-26-6-4-3-5-23(26)19-13-15-30(16-14-19)22-10-7-20(8-11-22)29-21-9-12-24(27)25(28)17-21/h3-6,9,12,17-20,22,29H,7-8,10-11,13-16H2,1-2H3. The smallest absolute Gasteiger partial charge is 0.160 e. The van der Waals surface area contributed by atoms with E-state index in [0.717, 1.165) is 44.5 Å². The summed E-state index contributed by atoms with van der Waals surface area (Å²) in [6, 6.07) is 13.5. The molecule has 5 heteroatoms. The Kier molecular flexibility index (Phi) is 7.11. The van der Waals surface area contributed by atoms with Crippen molar-refractivity contribution in [1.29, 1.82) is 0 Å². The molecule has 2 aromatic rings. The van der Waals surface area contributed by atoms with Gasteiger partial charge in [-0.1, -0.05) is 18.2 Å². The predicted octanol–water partition coefficient (Wildman–Crippen LogP) is 6.35. The van der Waals surface area contributed by atoms with Gasteiger partial charge in [-0.2, -0.15) is 0 Å². The van der Waals surface area contributed by atoms with Crippen molar-refractivity contribution in [1.82, 2.24) is 4.90 Å². The van der Waals surface area contributed by atoms with Gasteiger partial charge >= 0.3 is 0 Å². The summed E-state index contributed by atoms with van der Waals surface area (Å²) in [5.74, 6) is 0.0234. The second kappa shape index (κ2) is 9.99. The third kappa shape index (κ3) is 5.57. The summed E-state index contributed by atoms with van der Waals surface area (Å²) in [4.78, 5) is 2.66. The van der Waals surface area contributed by atoms with Crippen LogP contribution in [0.2, 0.25) is 0 Å². The highest BCUT2D eigenvalue weighted by atomic mass is 19.2. The fourth-order valence-corrected chi connectivity index (χ4v) is 5.16. The lowest BCUT2D eigenvalue weighted by Crippen LogP contribution is -2.44. The van der Waals surface area contributed by atoms with E-state index < -0.39 is 11.6 Å². The van der Waals surface area contributed by atoms with Gasteiger partial charge in [0, 0.05) is 23.8 Å². The first kappa shape index (κ1) is 22.1. The molecule has 0 bridgehead atoms. The van der Waals surface area contributed by atoms with E-state index in [9.17, 15) is 8.78 Å². The van der Waals surface area contributed by atoms with Gasteiger partial charge in [-0.05, 0) is 95.1 Å². The maximum absolute atomic E-state index is 13.5. The number of nitrogens with one attached hydrogen (secondary N) is 1. The van der Waals surface area contributed by atoms with Gasteiger partial charge in [-0.25, -0.2) is 8.78 Å². The molecule has 1 saturated carbocycles. The van der Waals surface area contributed by atoms with Crippen molar-refractivity contribution in [2.75, 3.05) is 18.4 Å². The zero-order valence-corrected chi connectivity index (χ0v) is 18.6. The van der Waals surface area contributed by atoms with Crippen LogP contribution in [-0.4, -0.2) is 36.2 Å². The topological polar surface area (TPSA) is 24.5 Å². The first-order valence-corrected chi connectivity index (χ1v) is 11.7. The van der Waals surface area contributed by atoms with E-state index in [2.05, 4.69) is 48.3 Å². The molecule has 2 aliphatic rings. The summed E-state index contributed by atoms with van der Waals surface area (Å²) in [7, 11) is 0. The van der Waals surface area contributed by atoms with E-state index >= 15 is 0 Å². The molecule has 0 aromatic heterocycles. The highest BCUT2D eigenvalue weighted by Gasteiger charge is 2.30. The first-order chi connectivity index (χ1) is 15.0. The molecule has 2 aromatic carbocycles. The molecular weight excluding hydrogens is 394 g/mol. The Balaban J connectivity index is 1.26. The molecule has 4 rings (SSSR count). The third-order valence-corrected chi connectivity index (χ3v) is 6.75. The van der Waals surface area contributed by atoms with Crippen LogP contribution < -0.4 is 10.1 Å². The predicted molar refractivity (Wildman–Crippen MR) is 122 cm³/mol. The van der Waals surface area contributed by atoms with Gasteiger partial charge in [0.05, 0.1) is 6.10 Å². The van der Waals surface area contributed by atoms with Crippen LogP contribution in [0, 0.1) is 11.6 Å². The lowest BCUT2D eigenvalue weighted by molar-refractivity contribution is 0.118. The molecule has 0 atom stereocenters. The van der Waals surface area contributed by atoms with Crippen LogP contribution in [-0.2, 0) is 0 Å². The summed E-state index contributed by atoms with van der Waals surface area (Å²) in [5.41, 5.74) is 2.03. The van der Waals surface area contributed by atoms with E-state index in [1.165, 1.54) is 30.5 Å². The number of hydrogen-bond acceptors (Lipinski definition) is 3. The van der Waals surface area contributed by atoms with Gasteiger partial charge in [-0.15, -0.1) is 0 Å². The Morgan fingerprint density at radius 3 is 2.29 bits per heavy atom. The van der Waals surface area contributed by atoms with Crippen LogP contribution in [0.4, 0.5) is 14.5 Å². The molecule has 168 valence electrons. The number of nitrogens with zero attached hydrogens (tertiary/aromatic N) is 1. The average molecular weight is 429 g/mol. The van der Waals surface area contributed by atoms with Gasteiger partial charge in [-0.3, -0.25) is 0 Å². The second-order valence-corrected chi connectivity index (χ2v) is 9.29. The van der Waals surface area contributed by atoms with Crippen molar-refractivity contribution in [3.05, 3.63) is 59.7 Å². The molecular formula is C26H34F2N2O. The molecule has 1 heterocycles. The van der Waals surface area contributed by atoms with Crippen molar-refractivity contribution in [3.63, 3.8) is 0 Å². The number of ether oxygens (including phenoxy) is 1. The summed E-state index contributed by atoms with van der Waals surface area (Å²) in [6.45, 7) is 6.42. The highest BCUT2D eigenvalue weighted by Crippen LogP contribution is 2.36. The first-order valence-electron chi connectivity index (χ1n) is 11.7. The number of para-hydroxylation sites is 1. The molecule has 1 N–H and O–H groups in total. The van der Waals surface area contributed by atoms with E-state index in [0.29, 0.717) is 23.7 Å². The molecule has 3 nitrogen and oxygen atoms in total. The molecule has 0 unspecified atom stereocenters. The summed E-state index contributed by atoms with van der Waals surface area (Å²) >= 11 is 0. The van der Waals surface area contributed by atoms with Crippen molar-refractivity contribution >= 4 is 5.69 Å². The number of hydrogen-bond donors (Lipinski definition) is 1. The minimum atomic E-state index is -0.795. The minimum absolute atomic E-state index is 0.191. The number of benzene rings is 2. The van der Waals surface area contributed by atoms with E-state index in [1.54, 1.807) is 6.07 Å². The largest absolute Gasteiger partial charge is 0.491 e. The zero-order valence-electron chi connectivity index (χ0n) is 18.6. The van der Waals surface area contributed by atoms with Crippen molar-refractivity contribution in [2.45, 2.75) is 76.5 Å². The van der Waals surface area contributed by atoms with Gasteiger partial charge in [0.15, 0.2) is 11.6 Å². The number of piperidine rings is 1. The van der Waals surface area contributed by atoms with Crippen LogP contribution in [0.25, 0.3) is 0 Å². The second-order valence-electron chi connectivity index (χ2n) is 9.29. The van der Waals surface area contributed by atoms with E-state index in [4.69, 9.17) is 4.74 Å². The van der Waals surface area contributed by atoms with E-state index in [-0.39, 0.29) is 6.10 Å². The van der Waals surface area contributed by atoms with Crippen molar-refractivity contribution in [2.24, 2.45) is 0 Å². The fraction of sp³-hybridized carbons (Fsp3) is 0.538. The highest BCUT2D eigenvalue weighted by molar-refractivity contribution is 5.44. The van der Waals surface area contributed by atoms with Crippen LogP contribution >= 0.6 is 0 Å². The quantitative estimate of drug-likeness (QED) is 0.580. The molecule has 2 fully saturated rings. The van der Waals surface area contributed by atoms with Gasteiger partial charge in [0.2, 0.25) is 0 Å². The molecule has 1 aliphatic carbocycles. The SMILES string of the molecule is CC(C)Oc1ccccc1C1CCN(C2CCC(Nc3ccc(F)c(F)c3)CC2)CC1. The van der Waals surface area contributed by atoms with Crippen LogP contribution in [0.1, 0.15) is 63.9 Å². The molecule has 0 spiro atoms.